The Morgan fingerprint density at radius 2 is 0.958 bits per heavy atom. The number of esters is 1. The third-order valence-electron chi connectivity index (χ3n) is 9.65. The summed E-state index contributed by atoms with van der Waals surface area (Å²) in [4.78, 5) is 12.7. The predicted octanol–water partition coefficient (Wildman–Crippen LogP) is 14.0. The van der Waals surface area contributed by atoms with Crippen LogP contribution in [-0.4, -0.2) is 12.6 Å². The lowest BCUT2D eigenvalue weighted by Gasteiger charge is -2.14. The molecule has 0 saturated carbocycles. The smallest absolute Gasteiger partial charge is 0.343 e. The van der Waals surface area contributed by atoms with Crippen molar-refractivity contribution < 1.29 is 14.3 Å². The highest BCUT2D eigenvalue weighted by Crippen LogP contribution is 2.26. The van der Waals surface area contributed by atoms with Gasteiger partial charge >= 0.3 is 5.97 Å². The van der Waals surface area contributed by atoms with Gasteiger partial charge in [-0.25, -0.2) is 4.79 Å². The minimum atomic E-state index is -0.318. The summed E-state index contributed by atoms with van der Waals surface area (Å²) in [5, 5.41) is 0. The van der Waals surface area contributed by atoms with Crippen LogP contribution in [0.15, 0.2) is 72.8 Å². The van der Waals surface area contributed by atoms with E-state index in [2.05, 4.69) is 57.2 Å². The van der Waals surface area contributed by atoms with Gasteiger partial charge in [0.1, 0.15) is 5.75 Å². The van der Waals surface area contributed by atoms with Crippen LogP contribution in [0.25, 0.3) is 11.1 Å². The van der Waals surface area contributed by atoms with Crippen molar-refractivity contribution >= 4 is 5.97 Å². The van der Waals surface area contributed by atoms with Crippen molar-refractivity contribution in [3.05, 3.63) is 89.5 Å². The van der Waals surface area contributed by atoms with E-state index in [0.717, 1.165) is 30.6 Å². The number of ether oxygens (including phenoxy) is 2. The van der Waals surface area contributed by atoms with Crippen molar-refractivity contribution in [3.8, 4) is 16.9 Å². The van der Waals surface area contributed by atoms with E-state index in [1.165, 1.54) is 133 Å². The number of hydrogen-bond donors (Lipinski definition) is 0. The SMILES string of the molecule is CCCCCCCCCCCCCCCCOC(C)c1ccc(-c2ccc(OC(=O)c3ccc(CCCCCCCC)cc3)cc2)cc1. The fourth-order valence-corrected chi connectivity index (χ4v) is 6.40. The van der Waals surface area contributed by atoms with Gasteiger partial charge in [-0.05, 0) is 72.7 Å². The lowest BCUT2D eigenvalue weighted by atomic mass is 10.0. The van der Waals surface area contributed by atoms with Crippen LogP contribution in [0, 0.1) is 0 Å². The van der Waals surface area contributed by atoms with Crippen molar-refractivity contribution in [2.45, 2.75) is 162 Å². The summed E-state index contributed by atoms with van der Waals surface area (Å²) in [6.45, 7) is 7.50. The predicted molar refractivity (Wildman–Crippen MR) is 205 cm³/mol. The van der Waals surface area contributed by atoms with Crippen LogP contribution < -0.4 is 4.74 Å². The van der Waals surface area contributed by atoms with Gasteiger partial charge < -0.3 is 9.47 Å². The minimum Gasteiger partial charge on any atom is -0.423 e. The van der Waals surface area contributed by atoms with E-state index in [4.69, 9.17) is 9.47 Å². The van der Waals surface area contributed by atoms with Crippen molar-refractivity contribution in [2.75, 3.05) is 6.61 Å². The van der Waals surface area contributed by atoms with Gasteiger partial charge in [0.05, 0.1) is 11.7 Å². The molecule has 0 aromatic heterocycles. The maximum atomic E-state index is 12.7. The molecule has 3 aromatic carbocycles. The molecule has 1 atom stereocenters. The molecule has 0 aliphatic carbocycles. The largest absolute Gasteiger partial charge is 0.423 e. The Balaban J connectivity index is 1.27. The standard InChI is InChI=1S/C45H66O3/c1-4-6-8-10-12-13-14-15-16-17-18-19-21-23-37-47-38(3)40-29-31-41(32-30-40)42-33-35-44(36-34-42)48-45(46)43-27-25-39(26-28-43)24-22-20-11-9-7-5-2/h25-36,38H,4-24,37H2,1-3H3. The van der Waals surface area contributed by atoms with E-state index in [1.54, 1.807) is 0 Å². The Kier molecular flexibility index (Phi) is 20.7. The van der Waals surface area contributed by atoms with Crippen LogP contribution in [-0.2, 0) is 11.2 Å². The molecule has 0 spiro atoms. The molecular formula is C45H66O3. The summed E-state index contributed by atoms with van der Waals surface area (Å²) in [6.07, 6.45) is 28.1. The first-order valence-corrected chi connectivity index (χ1v) is 19.7. The number of unbranched alkanes of at least 4 members (excludes halogenated alkanes) is 18. The molecule has 0 radical (unpaired) electrons. The Bertz CT molecular complexity index is 1210. The minimum absolute atomic E-state index is 0.0902. The van der Waals surface area contributed by atoms with Crippen LogP contribution >= 0.6 is 0 Å². The van der Waals surface area contributed by atoms with Crippen molar-refractivity contribution in [1.29, 1.82) is 0 Å². The molecule has 0 aliphatic heterocycles. The maximum Gasteiger partial charge on any atom is 0.343 e. The van der Waals surface area contributed by atoms with Crippen LogP contribution in [0.2, 0.25) is 0 Å². The number of aryl methyl sites for hydroxylation is 1. The molecule has 3 heteroatoms. The first-order valence-electron chi connectivity index (χ1n) is 19.7. The average molecular weight is 655 g/mol. The lowest BCUT2D eigenvalue weighted by Crippen LogP contribution is -2.08. The molecule has 0 fully saturated rings. The normalized spacial score (nSPS) is 11.9. The third kappa shape index (κ3) is 16.5. The zero-order valence-electron chi connectivity index (χ0n) is 30.8. The van der Waals surface area contributed by atoms with Gasteiger partial charge in [0.2, 0.25) is 0 Å². The Morgan fingerprint density at radius 1 is 0.521 bits per heavy atom. The highest BCUT2D eigenvalue weighted by molar-refractivity contribution is 5.91. The monoisotopic (exact) mass is 655 g/mol. The van der Waals surface area contributed by atoms with E-state index in [-0.39, 0.29) is 12.1 Å². The molecule has 0 N–H and O–H groups in total. The summed E-state index contributed by atoms with van der Waals surface area (Å²) >= 11 is 0. The number of rotatable bonds is 27. The molecule has 48 heavy (non-hydrogen) atoms. The van der Waals surface area contributed by atoms with E-state index in [9.17, 15) is 4.79 Å². The topological polar surface area (TPSA) is 35.5 Å². The second-order valence-corrected chi connectivity index (χ2v) is 13.9. The molecule has 264 valence electrons. The molecule has 0 heterocycles. The maximum absolute atomic E-state index is 12.7. The van der Waals surface area contributed by atoms with Crippen molar-refractivity contribution in [3.63, 3.8) is 0 Å². The van der Waals surface area contributed by atoms with E-state index in [1.807, 2.05) is 36.4 Å². The first kappa shape index (κ1) is 39.5. The molecule has 3 rings (SSSR count). The summed E-state index contributed by atoms with van der Waals surface area (Å²) in [6, 6.07) is 24.3. The lowest BCUT2D eigenvalue weighted by molar-refractivity contribution is 0.0627. The first-order chi connectivity index (χ1) is 23.6. The molecule has 1 unspecified atom stereocenters. The van der Waals surface area contributed by atoms with Gasteiger partial charge in [0.15, 0.2) is 0 Å². The van der Waals surface area contributed by atoms with Crippen LogP contribution in [0.5, 0.6) is 5.75 Å². The molecule has 0 saturated heterocycles. The highest BCUT2D eigenvalue weighted by atomic mass is 16.5. The Morgan fingerprint density at radius 3 is 1.46 bits per heavy atom. The van der Waals surface area contributed by atoms with Crippen LogP contribution in [0.3, 0.4) is 0 Å². The zero-order valence-corrected chi connectivity index (χ0v) is 30.8. The second kappa shape index (κ2) is 25.1. The number of benzene rings is 3. The Labute approximate surface area is 294 Å². The summed E-state index contributed by atoms with van der Waals surface area (Å²) in [5.41, 5.74) is 5.30. The van der Waals surface area contributed by atoms with Gasteiger partial charge in [-0.3, -0.25) is 0 Å². The van der Waals surface area contributed by atoms with E-state index in [0.29, 0.717) is 11.3 Å². The van der Waals surface area contributed by atoms with Gasteiger partial charge in [-0.15, -0.1) is 0 Å². The number of carbonyl (C=O) groups is 1. The summed E-state index contributed by atoms with van der Waals surface area (Å²) in [7, 11) is 0. The van der Waals surface area contributed by atoms with Crippen molar-refractivity contribution in [1.82, 2.24) is 0 Å². The summed E-state index contributed by atoms with van der Waals surface area (Å²) in [5.74, 6) is 0.239. The van der Waals surface area contributed by atoms with Gasteiger partial charge in [-0.2, -0.15) is 0 Å². The fourth-order valence-electron chi connectivity index (χ4n) is 6.40. The molecule has 0 bridgehead atoms. The average Bonchev–Trinajstić information content (AvgIpc) is 3.12. The van der Waals surface area contributed by atoms with Crippen molar-refractivity contribution in [2.24, 2.45) is 0 Å². The van der Waals surface area contributed by atoms with Gasteiger partial charge in [0, 0.05) is 6.61 Å². The fraction of sp³-hybridized carbons (Fsp3) is 0.578. The van der Waals surface area contributed by atoms with Gasteiger partial charge in [-0.1, -0.05) is 178 Å². The Hall–Kier alpha value is -2.91. The van der Waals surface area contributed by atoms with Gasteiger partial charge in [0.25, 0.3) is 0 Å². The second-order valence-electron chi connectivity index (χ2n) is 13.9. The molecule has 3 nitrogen and oxygen atoms in total. The zero-order chi connectivity index (χ0) is 34.1. The van der Waals surface area contributed by atoms with Crippen LogP contribution in [0.4, 0.5) is 0 Å². The summed E-state index contributed by atoms with van der Waals surface area (Å²) < 4.78 is 11.8. The number of carbonyl (C=O) groups excluding carboxylic acids is 1. The van der Waals surface area contributed by atoms with E-state index >= 15 is 0 Å². The number of hydrogen-bond acceptors (Lipinski definition) is 3. The van der Waals surface area contributed by atoms with Crippen LogP contribution in [0.1, 0.15) is 177 Å². The molecule has 3 aromatic rings. The quantitative estimate of drug-likeness (QED) is 0.0466. The molecule has 0 aliphatic rings. The molecule has 0 amide bonds. The molecular weight excluding hydrogens is 588 g/mol. The highest BCUT2D eigenvalue weighted by Gasteiger charge is 2.10. The third-order valence-corrected chi connectivity index (χ3v) is 9.65. The van der Waals surface area contributed by atoms with E-state index < -0.39 is 0 Å².